The Morgan fingerprint density at radius 3 is 2.68 bits per heavy atom. The smallest absolute Gasteiger partial charge is 0.266 e. The number of furan rings is 1. The molecular formula is C18H14BrNO3S2. The third kappa shape index (κ3) is 4.29. The third-order valence-electron chi connectivity index (χ3n) is 3.59. The van der Waals surface area contributed by atoms with Gasteiger partial charge in [-0.05, 0) is 31.2 Å². The Kier molecular flexibility index (Phi) is 5.56. The van der Waals surface area contributed by atoms with Crippen LogP contribution in [0.4, 0.5) is 0 Å². The first-order chi connectivity index (χ1) is 11.9. The molecule has 25 heavy (non-hydrogen) atoms. The number of hydrogen-bond donors (Lipinski definition) is 0. The van der Waals surface area contributed by atoms with Crippen LogP contribution in [0.2, 0.25) is 0 Å². The molecule has 7 heteroatoms. The summed E-state index contributed by atoms with van der Waals surface area (Å²) in [6, 6.07) is 11.5. The summed E-state index contributed by atoms with van der Waals surface area (Å²) in [6.07, 6.45) is 1.99. The van der Waals surface area contributed by atoms with E-state index < -0.39 is 0 Å². The molecule has 1 amide bonds. The lowest BCUT2D eigenvalue weighted by Crippen LogP contribution is -2.30. The van der Waals surface area contributed by atoms with Gasteiger partial charge < -0.3 is 4.42 Å². The van der Waals surface area contributed by atoms with Crippen molar-refractivity contribution in [1.82, 2.24) is 4.90 Å². The molecule has 0 bridgehead atoms. The van der Waals surface area contributed by atoms with E-state index in [-0.39, 0.29) is 11.7 Å². The number of carbonyl (C=O) groups is 2. The van der Waals surface area contributed by atoms with E-state index in [1.165, 1.54) is 23.6 Å². The molecule has 0 N–H and O–H groups in total. The summed E-state index contributed by atoms with van der Waals surface area (Å²) in [5.74, 6) is 1.16. The highest BCUT2D eigenvalue weighted by Gasteiger charge is 2.32. The molecular weight excluding hydrogens is 422 g/mol. The fourth-order valence-corrected chi connectivity index (χ4v) is 3.84. The van der Waals surface area contributed by atoms with Crippen LogP contribution in [0.25, 0.3) is 17.4 Å². The Morgan fingerprint density at radius 2 is 2.00 bits per heavy atom. The Hall–Kier alpha value is -1.70. The maximum atomic E-state index is 12.4. The molecule has 1 aromatic carbocycles. The number of hydrogen-bond acceptors (Lipinski definition) is 5. The lowest BCUT2D eigenvalue weighted by atomic mass is 10.2. The van der Waals surface area contributed by atoms with Crippen LogP contribution in [0.1, 0.15) is 19.1 Å². The zero-order valence-corrected chi connectivity index (χ0v) is 16.5. The summed E-state index contributed by atoms with van der Waals surface area (Å²) < 4.78 is 7.28. The number of ketones is 1. The summed E-state index contributed by atoms with van der Waals surface area (Å²) in [7, 11) is 0. The number of halogens is 1. The van der Waals surface area contributed by atoms with E-state index >= 15 is 0 Å². The summed E-state index contributed by atoms with van der Waals surface area (Å²) in [5, 5.41) is 0. The van der Waals surface area contributed by atoms with Gasteiger partial charge in [0, 0.05) is 29.1 Å². The van der Waals surface area contributed by atoms with Crippen LogP contribution in [0.15, 0.2) is 50.2 Å². The Balaban J connectivity index is 1.77. The summed E-state index contributed by atoms with van der Waals surface area (Å²) in [6.45, 7) is 1.82. The van der Waals surface area contributed by atoms with Crippen LogP contribution < -0.4 is 0 Å². The lowest BCUT2D eigenvalue weighted by molar-refractivity contribution is -0.122. The average molecular weight is 436 g/mol. The fourth-order valence-electron chi connectivity index (χ4n) is 2.29. The van der Waals surface area contributed by atoms with Gasteiger partial charge in [0.15, 0.2) is 0 Å². The highest BCUT2D eigenvalue weighted by atomic mass is 79.9. The largest absolute Gasteiger partial charge is 0.457 e. The highest BCUT2D eigenvalue weighted by molar-refractivity contribution is 9.10. The molecule has 0 radical (unpaired) electrons. The van der Waals surface area contributed by atoms with E-state index in [1.54, 1.807) is 6.08 Å². The summed E-state index contributed by atoms with van der Waals surface area (Å²) >= 11 is 9.87. The van der Waals surface area contributed by atoms with Gasteiger partial charge in [-0.3, -0.25) is 14.5 Å². The van der Waals surface area contributed by atoms with Crippen molar-refractivity contribution in [3.8, 4) is 11.3 Å². The van der Waals surface area contributed by atoms with Gasteiger partial charge in [-0.25, -0.2) is 0 Å². The predicted molar refractivity (Wildman–Crippen MR) is 107 cm³/mol. The molecule has 0 aliphatic carbocycles. The Bertz CT molecular complexity index is 871. The molecule has 0 saturated carbocycles. The van der Waals surface area contributed by atoms with Gasteiger partial charge in [0.05, 0.1) is 4.91 Å². The molecule has 4 nitrogen and oxygen atoms in total. The second-order valence-electron chi connectivity index (χ2n) is 5.49. The maximum absolute atomic E-state index is 12.4. The highest BCUT2D eigenvalue weighted by Crippen LogP contribution is 2.33. The first-order valence-electron chi connectivity index (χ1n) is 7.54. The number of thioether (sulfide) groups is 1. The zero-order chi connectivity index (χ0) is 18.0. The van der Waals surface area contributed by atoms with E-state index in [0.717, 1.165) is 15.8 Å². The van der Waals surface area contributed by atoms with Crippen molar-refractivity contribution in [1.29, 1.82) is 0 Å². The second-order valence-corrected chi connectivity index (χ2v) is 8.09. The van der Waals surface area contributed by atoms with Gasteiger partial charge in [-0.15, -0.1) is 0 Å². The average Bonchev–Trinajstić information content (AvgIpc) is 3.12. The quantitative estimate of drug-likeness (QED) is 0.494. The van der Waals surface area contributed by atoms with E-state index in [9.17, 15) is 9.59 Å². The summed E-state index contributed by atoms with van der Waals surface area (Å²) in [5.41, 5.74) is 0.955. The van der Waals surface area contributed by atoms with Gasteiger partial charge in [0.25, 0.3) is 5.91 Å². The van der Waals surface area contributed by atoms with E-state index in [4.69, 9.17) is 16.6 Å². The first-order valence-corrected chi connectivity index (χ1v) is 9.56. The zero-order valence-electron chi connectivity index (χ0n) is 13.3. The molecule has 2 aromatic rings. The monoisotopic (exact) mass is 435 g/mol. The third-order valence-corrected chi connectivity index (χ3v) is 5.50. The lowest BCUT2D eigenvalue weighted by Gasteiger charge is -2.12. The molecule has 1 aliphatic heterocycles. The standard InChI is InChI=1S/C18H14BrNO3S2/c1-11(21)8-9-20-17(22)16(25-18(20)24)10-14-6-7-15(23-14)12-2-4-13(19)5-3-12/h2-7,10H,8-9H2,1H3. The van der Waals surface area contributed by atoms with Crippen molar-refractivity contribution < 1.29 is 14.0 Å². The number of thiocarbonyl (C=S) groups is 1. The van der Waals surface area contributed by atoms with Crippen molar-refractivity contribution in [2.45, 2.75) is 13.3 Å². The number of benzene rings is 1. The minimum absolute atomic E-state index is 0.0307. The first kappa shape index (κ1) is 18.1. The van der Waals surface area contributed by atoms with Gasteiger partial charge >= 0.3 is 0 Å². The number of amides is 1. The van der Waals surface area contributed by atoms with E-state index in [0.29, 0.717) is 28.0 Å². The SMILES string of the molecule is CC(=O)CCN1C(=O)C(=Cc2ccc(-c3ccc(Br)cc3)o2)SC1=S. The van der Waals surface area contributed by atoms with Crippen LogP contribution in [-0.2, 0) is 9.59 Å². The molecule has 1 saturated heterocycles. The van der Waals surface area contributed by atoms with Gasteiger partial charge in [0.2, 0.25) is 0 Å². The molecule has 1 aromatic heterocycles. The van der Waals surface area contributed by atoms with Crippen molar-refractivity contribution in [2.24, 2.45) is 0 Å². The number of nitrogens with zero attached hydrogens (tertiary/aromatic N) is 1. The molecule has 2 heterocycles. The van der Waals surface area contributed by atoms with E-state index in [2.05, 4.69) is 15.9 Å². The van der Waals surface area contributed by atoms with Crippen molar-refractivity contribution in [2.75, 3.05) is 6.54 Å². The van der Waals surface area contributed by atoms with Crippen molar-refractivity contribution in [3.63, 3.8) is 0 Å². The van der Waals surface area contributed by atoms with E-state index in [1.807, 2.05) is 36.4 Å². The Labute approximate surface area is 163 Å². The molecule has 0 unspecified atom stereocenters. The summed E-state index contributed by atoms with van der Waals surface area (Å²) in [4.78, 5) is 25.5. The molecule has 3 rings (SSSR count). The predicted octanol–water partition coefficient (Wildman–Crippen LogP) is 4.89. The minimum Gasteiger partial charge on any atom is -0.457 e. The molecule has 128 valence electrons. The van der Waals surface area contributed by atoms with Gasteiger partial charge in [-0.1, -0.05) is 52.0 Å². The topological polar surface area (TPSA) is 50.5 Å². The molecule has 0 spiro atoms. The molecule has 0 atom stereocenters. The van der Waals surface area contributed by atoms with Crippen LogP contribution in [0.3, 0.4) is 0 Å². The second kappa shape index (κ2) is 7.68. The molecule has 1 fully saturated rings. The van der Waals surface area contributed by atoms with Gasteiger partial charge in [-0.2, -0.15) is 0 Å². The van der Waals surface area contributed by atoms with Crippen molar-refractivity contribution in [3.05, 3.63) is 51.5 Å². The fraction of sp³-hybridized carbons (Fsp3) is 0.167. The normalized spacial score (nSPS) is 16.1. The van der Waals surface area contributed by atoms with Crippen LogP contribution >= 0.6 is 39.9 Å². The van der Waals surface area contributed by atoms with Crippen LogP contribution in [-0.4, -0.2) is 27.5 Å². The maximum Gasteiger partial charge on any atom is 0.266 e. The minimum atomic E-state index is -0.183. The van der Waals surface area contributed by atoms with Crippen molar-refractivity contribution >= 4 is 62.0 Å². The van der Waals surface area contributed by atoms with Crippen LogP contribution in [0.5, 0.6) is 0 Å². The Morgan fingerprint density at radius 1 is 1.28 bits per heavy atom. The van der Waals surface area contributed by atoms with Gasteiger partial charge in [0.1, 0.15) is 21.6 Å². The number of rotatable bonds is 5. The molecule has 1 aliphatic rings. The number of Topliss-reactive ketones (excluding diaryl/α,β-unsaturated/α-hetero) is 1. The number of carbonyl (C=O) groups excluding carboxylic acids is 2. The van der Waals surface area contributed by atoms with Crippen LogP contribution in [0, 0.1) is 0 Å².